The molecule has 224 valence electrons. The number of pyridine rings is 1. The highest BCUT2D eigenvalue weighted by Crippen LogP contribution is 2.34. The molecule has 5 rings (SSSR count). The summed E-state index contributed by atoms with van der Waals surface area (Å²) in [4.78, 5) is 41.9. The Hall–Kier alpha value is -3.43. The normalized spacial score (nSPS) is 14.4. The minimum absolute atomic E-state index is 0.0180. The van der Waals surface area contributed by atoms with Crippen LogP contribution in [0.5, 0.6) is 0 Å². The van der Waals surface area contributed by atoms with E-state index < -0.39 is 0 Å². The van der Waals surface area contributed by atoms with Gasteiger partial charge in [0.2, 0.25) is 5.91 Å². The number of furan rings is 1. The predicted molar refractivity (Wildman–Crippen MR) is 166 cm³/mol. The summed E-state index contributed by atoms with van der Waals surface area (Å²) in [5.41, 5.74) is 2.91. The number of carbonyl (C=O) groups is 1. The number of benzene rings is 1. The topological polar surface area (TPSA) is 105 Å². The average Bonchev–Trinajstić information content (AvgIpc) is 3.64. The lowest BCUT2D eigenvalue weighted by Gasteiger charge is -2.26. The fourth-order valence-electron chi connectivity index (χ4n) is 5.56. The molecule has 0 radical (unpaired) electrons. The summed E-state index contributed by atoms with van der Waals surface area (Å²) in [6.07, 6.45) is 5.79. The van der Waals surface area contributed by atoms with Gasteiger partial charge in [0.25, 0.3) is 5.56 Å². The molecule has 1 atom stereocenters. The smallest absolute Gasteiger partial charge is 0.251 e. The third-order valence-electron chi connectivity index (χ3n) is 7.77. The van der Waals surface area contributed by atoms with Crippen molar-refractivity contribution >= 4 is 45.4 Å². The molecule has 0 spiro atoms. The van der Waals surface area contributed by atoms with Crippen LogP contribution in [0.15, 0.2) is 45.7 Å². The Morgan fingerprint density at radius 1 is 1.19 bits per heavy atom. The van der Waals surface area contributed by atoms with E-state index in [1.165, 1.54) is 6.20 Å². The van der Waals surface area contributed by atoms with E-state index in [9.17, 15) is 9.59 Å². The molecule has 42 heavy (non-hydrogen) atoms. The quantitative estimate of drug-likeness (QED) is 0.191. The van der Waals surface area contributed by atoms with Crippen LogP contribution in [0, 0.1) is 5.92 Å². The standard InChI is InChI=1S/C32H40ClN5O4/c1-21(2)19-38(15-12-22(3)25-17-23(33)18-34-32(25)40)28(39)20-41-16-8-11-27-35-29-24-9-4-5-10-26(24)42-30(29)31(36-27)37-13-6-7-14-37/h4-5,9-10,17-18,21-22H,6-8,11-16,19-20H2,1-3H3,(H,34,40). The maximum atomic E-state index is 13.1. The van der Waals surface area contributed by atoms with Gasteiger partial charge in [0, 0.05) is 56.4 Å². The van der Waals surface area contributed by atoms with E-state index in [4.69, 9.17) is 30.7 Å². The van der Waals surface area contributed by atoms with Crippen molar-refractivity contribution in [3.63, 3.8) is 0 Å². The van der Waals surface area contributed by atoms with E-state index >= 15 is 0 Å². The third kappa shape index (κ3) is 7.13. The van der Waals surface area contributed by atoms with E-state index in [0.29, 0.717) is 55.5 Å². The second-order valence-corrected chi connectivity index (χ2v) is 12.1. The molecule has 1 aliphatic heterocycles. The second-order valence-electron chi connectivity index (χ2n) is 11.6. The number of aromatic amines is 1. The van der Waals surface area contributed by atoms with Gasteiger partial charge in [-0.15, -0.1) is 0 Å². The largest absolute Gasteiger partial charge is 0.450 e. The Bertz CT molecular complexity index is 1580. The number of H-pyrrole nitrogens is 1. The van der Waals surface area contributed by atoms with Crippen molar-refractivity contribution in [2.45, 2.75) is 58.8 Å². The summed E-state index contributed by atoms with van der Waals surface area (Å²) in [6, 6.07) is 9.68. The summed E-state index contributed by atoms with van der Waals surface area (Å²) in [5, 5.41) is 1.49. The number of amides is 1. The maximum Gasteiger partial charge on any atom is 0.251 e. The van der Waals surface area contributed by atoms with Crippen LogP contribution in [-0.4, -0.2) is 65.2 Å². The highest BCUT2D eigenvalue weighted by atomic mass is 35.5. The van der Waals surface area contributed by atoms with E-state index in [0.717, 1.165) is 59.6 Å². The summed E-state index contributed by atoms with van der Waals surface area (Å²) in [5.74, 6) is 1.87. The molecule has 0 saturated carbocycles. The number of nitrogens with zero attached hydrogens (tertiary/aromatic N) is 4. The van der Waals surface area contributed by atoms with Crippen LogP contribution in [0.25, 0.3) is 22.1 Å². The Morgan fingerprint density at radius 2 is 1.98 bits per heavy atom. The molecule has 1 N–H and O–H groups in total. The molecule has 9 nitrogen and oxygen atoms in total. The molecular formula is C32H40ClN5O4. The van der Waals surface area contributed by atoms with Gasteiger partial charge >= 0.3 is 0 Å². The van der Waals surface area contributed by atoms with E-state index in [1.54, 1.807) is 6.07 Å². The average molecular weight is 594 g/mol. The number of carbonyl (C=O) groups excluding carboxylic acids is 1. The van der Waals surface area contributed by atoms with Gasteiger partial charge in [-0.3, -0.25) is 9.59 Å². The van der Waals surface area contributed by atoms with Crippen LogP contribution in [0.3, 0.4) is 0 Å². The van der Waals surface area contributed by atoms with Gasteiger partial charge in [-0.2, -0.15) is 0 Å². The number of para-hydroxylation sites is 1. The lowest BCUT2D eigenvalue weighted by molar-refractivity contribution is -0.136. The van der Waals surface area contributed by atoms with Crippen LogP contribution in [0.4, 0.5) is 5.82 Å². The third-order valence-corrected chi connectivity index (χ3v) is 7.98. The second kappa shape index (κ2) is 13.7. The molecule has 1 amide bonds. The van der Waals surface area contributed by atoms with Crippen LogP contribution < -0.4 is 10.5 Å². The summed E-state index contributed by atoms with van der Waals surface area (Å²) < 4.78 is 12.0. The SMILES string of the molecule is CC(C)CN(CCC(C)c1cc(Cl)c[nH]c1=O)C(=O)COCCCc1nc(N2CCCC2)c2oc3ccccc3c2n1. The van der Waals surface area contributed by atoms with Crippen molar-refractivity contribution in [2.24, 2.45) is 5.92 Å². The van der Waals surface area contributed by atoms with Crippen molar-refractivity contribution in [3.8, 4) is 0 Å². The van der Waals surface area contributed by atoms with Crippen molar-refractivity contribution in [1.82, 2.24) is 19.9 Å². The molecule has 1 unspecified atom stereocenters. The molecule has 3 aromatic heterocycles. The van der Waals surface area contributed by atoms with Crippen molar-refractivity contribution in [3.05, 3.63) is 63.3 Å². The first-order valence-electron chi connectivity index (χ1n) is 15.0. The maximum absolute atomic E-state index is 13.1. The number of halogens is 1. The van der Waals surface area contributed by atoms with Crippen LogP contribution in [0.2, 0.25) is 5.02 Å². The van der Waals surface area contributed by atoms with Crippen molar-refractivity contribution in [1.29, 1.82) is 0 Å². The predicted octanol–water partition coefficient (Wildman–Crippen LogP) is 5.95. The van der Waals surface area contributed by atoms with Gasteiger partial charge in [0.1, 0.15) is 23.5 Å². The Kier molecular flexibility index (Phi) is 9.80. The number of nitrogens with one attached hydrogen (secondary N) is 1. The number of ether oxygens (including phenoxy) is 1. The van der Waals surface area contributed by atoms with E-state index in [1.807, 2.05) is 36.1 Å². The summed E-state index contributed by atoms with van der Waals surface area (Å²) in [6.45, 7) is 9.71. The van der Waals surface area contributed by atoms with Gasteiger partial charge in [0.15, 0.2) is 11.4 Å². The first-order valence-corrected chi connectivity index (χ1v) is 15.3. The zero-order chi connectivity index (χ0) is 29.6. The number of hydrogen-bond donors (Lipinski definition) is 1. The fraction of sp³-hybridized carbons (Fsp3) is 0.500. The lowest BCUT2D eigenvalue weighted by Crippen LogP contribution is -2.38. The van der Waals surface area contributed by atoms with Gasteiger partial charge < -0.3 is 23.9 Å². The highest BCUT2D eigenvalue weighted by molar-refractivity contribution is 6.30. The number of rotatable bonds is 13. The number of fused-ring (bicyclic) bond motifs is 3. The highest BCUT2D eigenvalue weighted by Gasteiger charge is 2.23. The molecule has 1 saturated heterocycles. The molecule has 4 heterocycles. The minimum Gasteiger partial charge on any atom is -0.450 e. The van der Waals surface area contributed by atoms with Crippen LogP contribution >= 0.6 is 11.6 Å². The van der Waals surface area contributed by atoms with E-state index in [2.05, 4.69) is 23.7 Å². The summed E-state index contributed by atoms with van der Waals surface area (Å²) in [7, 11) is 0. The molecule has 1 fully saturated rings. The molecule has 1 aliphatic rings. The molecule has 10 heteroatoms. The van der Waals surface area contributed by atoms with Gasteiger partial charge in [-0.1, -0.05) is 44.5 Å². The van der Waals surface area contributed by atoms with Gasteiger partial charge in [-0.25, -0.2) is 9.97 Å². The molecule has 0 aliphatic carbocycles. The first-order chi connectivity index (χ1) is 20.3. The fourth-order valence-corrected chi connectivity index (χ4v) is 5.73. The number of aromatic nitrogens is 3. The Morgan fingerprint density at radius 3 is 2.76 bits per heavy atom. The zero-order valence-electron chi connectivity index (χ0n) is 24.7. The minimum atomic E-state index is -0.145. The molecule has 1 aromatic carbocycles. The zero-order valence-corrected chi connectivity index (χ0v) is 25.5. The number of anilines is 1. The van der Waals surface area contributed by atoms with Crippen molar-refractivity contribution in [2.75, 3.05) is 44.3 Å². The van der Waals surface area contributed by atoms with Gasteiger partial charge in [-0.05, 0) is 55.7 Å². The van der Waals surface area contributed by atoms with Crippen LogP contribution in [0.1, 0.15) is 63.8 Å². The first kappa shape index (κ1) is 30.0. The van der Waals surface area contributed by atoms with Crippen LogP contribution in [-0.2, 0) is 16.0 Å². The number of hydrogen-bond acceptors (Lipinski definition) is 7. The van der Waals surface area contributed by atoms with E-state index in [-0.39, 0.29) is 24.0 Å². The number of aryl methyl sites for hydroxylation is 1. The molecular weight excluding hydrogens is 554 g/mol. The molecule has 4 aromatic rings. The van der Waals surface area contributed by atoms with Crippen molar-refractivity contribution < 1.29 is 13.9 Å². The Balaban J connectivity index is 1.17. The lowest BCUT2D eigenvalue weighted by atomic mass is 9.99. The Labute approximate surface area is 251 Å². The van der Waals surface area contributed by atoms with Gasteiger partial charge in [0.05, 0.1) is 5.02 Å². The monoisotopic (exact) mass is 593 g/mol. The molecule has 0 bridgehead atoms. The summed E-state index contributed by atoms with van der Waals surface area (Å²) >= 11 is 6.08.